The molecule has 1 aliphatic heterocycles. The van der Waals surface area contributed by atoms with Crippen molar-refractivity contribution in [2.45, 2.75) is 32.2 Å². The molecule has 7 heteroatoms. The Morgan fingerprint density at radius 2 is 2.14 bits per heavy atom. The number of nitrogens with zero attached hydrogens (tertiary/aromatic N) is 1. The molecule has 1 aromatic carbocycles. The molecule has 1 aliphatic rings. The third-order valence-corrected chi connectivity index (χ3v) is 5.34. The molecule has 1 fully saturated rings. The van der Waals surface area contributed by atoms with Crippen LogP contribution in [0, 0.1) is 0 Å². The Bertz CT molecular complexity index is 562. The average Bonchev–Trinajstić information content (AvgIpc) is 2.45. The fourth-order valence-corrected chi connectivity index (χ4v) is 3.91. The number of para-hydroxylation sites is 2. The molecule has 0 aromatic heterocycles. The highest BCUT2D eigenvalue weighted by atomic mass is 32.2. The monoisotopic (exact) mass is 313 g/mol. The van der Waals surface area contributed by atoms with Crippen molar-refractivity contribution < 1.29 is 13.2 Å². The molecule has 1 aromatic rings. The first kappa shape index (κ1) is 16.1. The molecule has 1 atom stereocenters. The minimum atomic E-state index is -3.42. The van der Waals surface area contributed by atoms with Gasteiger partial charge in [0.25, 0.3) is 10.2 Å². The lowest BCUT2D eigenvalue weighted by atomic mass is 10.1. The summed E-state index contributed by atoms with van der Waals surface area (Å²) in [5.41, 5.74) is 6.30. The van der Waals surface area contributed by atoms with Crippen LogP contribution in [0.4, 0.5) is 5.69 Å². The first-order chi connectivity index (χ1) is 10.0. The van der Waals surface area contributed by atoms with Gasteiger partial charge in [-0.05, 0) is 31.9 Å². The normalized spacial score (nSPS) is 20.3. The summed E-state index contributed by atoms with van der Waals surface area (Å²) in [6, 6.07) is 7.21. The van der Waals surface area contributed by atoms with E-state index in [0.717, 1.165) is 19.3 Å². The molecule has 0 bridgehead atoms. The van der Waals surface area contributed by atoms with Gasteiger partial charge in [0.05, 0.1) is 5.69 Å². The van der Waals surface area contributed by atoms with E-state index in [2.05, 4.69) is 4.72 Å². The van der Waals surface area contributed by atoms with Crippen LogP contribution < -0.4 is 15.2 Å². The summed E-state index contributed by atoms with van der Waals surface area (Å²) in [7, 11) is -3.42. The Morgan fingerprint density at radius 1 is 1.38 bits per heavy atom. The van der Waals surface area contributed by atoms with Gasteiger partial charge in [0, 0.05) is 19.1 Å². The van der Waals surface area contributed by atoms with Crippen LogP contribution in [-0.2, 0) is 10.2 Å². The standard InChI is InChI=1S/C14H23N3O3S/c1-12-6-4-5-10-17(12)21(18,19)16-9-11-20-14-8-3-2-7-13(14)15/h2-3,7-8,12,16H,4-6,9-11,15H2,1H3. The zero-order chi connectivity index (χ0) is 15.3. The lowest BCUT2D eigenvalue weighted by Gasteiger charge is -2.32. The average molecular weight is 313 g/mol. The van der Waals surface area contributed by atoms with Gasteiger partial charge in [0.1, 0.15) is 12.4 Å². The van der Waals surface area contributed by atoms with E-state index >= 15 is 0 Å². The quantitative estimate of drug-likeness (QED) is 0.613. The third kappa shape index (κ3) is 4.33. The Balaban J connectivity index is 1.81. The maximum atomic E-state index is 12.2. The van der Waals surface area contributed by atoms with Crippen molar-refractivity contribution in [2.75, 3.05) is 25.4 Å². The van der Waals surface area contributed by atoms with E-state index in [0.29, 0.717) is 18.0 Å². The summed E-state index contributed by atoms with van der Waals surface area (Å²) < 4.78 is 34.0. The van der Waals surface area contributed by atoms with Crippen molar-refractivity contribution in [2.24, 2.45) is 0 Å². The molecule has 0 radical (unpaired) electrons. The SMILES string of the molecule is CC1CCCCN1S(=O)(=O)NCCOc1ccccc1N. The first-order valence-electron chi connectivity index (χ1n) is 7.24. The molecule has 1 saturated heterocycles. The van der Waals surface area contributed by atoms with Gasteiger partial charge < -0.3 is 10.5 Å². The largest absolute Gasteiger partial charge is 0.490 e. The zero-order valence-electron chi connectivity index (χ0n) is 12.3. The van der Waals surface area contributed by atoms with Crippen LogP contribution in [0.15, 0.2) is 24.3 Å². The van der Waals surface area contributed by atoms with E-state index in [1.54, 1.807) is 12.1 Å². The van der Waals surface area contributed by atoms with Gasteiger partial charge in [0.2, 0.25) is 0 Å². The van der Waals surface area contributed by atoms with Crippen molar-refractivity contribution in [3.8, 4) is 5.75 Å². The summed E-state index contributed by atoms with van der Waals surface area (Å²) in [5.74, 6) is 0.572. The minimum Gasteiger partial charge on any atom is -0.490 e. The highest BCUT2D eigenvalue weighted by Gasteiger charge is 2.28. The second-order valence-electron chi connectivity index (χ2n) is 5.24. The topological polar surface area (TPSA) is 84.7 Å². The Labute approximate surface area is 126 Å². The number of nitrogens with one attached hydrogen (secondary N) is 1. The van der Waals surface area contributed by atoms with Crippen LogP contribution in [0.1, 0.15) is 26.2 Å². The second kappa shape index (κ2) is 7.11. The van der Waals surface area contributed by atoms with Gasteiger partial charge in [0.15, 0.2) is 0 Å². The molecule has 118 valence electrons. The van der Waals surface area contributed by atoms with E-state index in [1.807, 2.05) is 19.1 Å². The summed E-state index contributed by atoms with van der Waals surface area (Å²) in [6.07, 6.45) is 2.92. The third-order valence-electron chi connectivity index (χ3n) is 3.61. The van der Waals surface area contributed by atoms with Crippen molar-refractivity contribution in [1.29, 1.82) is 0 Å². The van der Waals surface area contributed by atoms with E-state index in [4.69, 9.17) is 10.5 Å². The molecule has 3 N–H and O–H groups in total. The number of rotatable bonds is 6. The van der Waals surface area contributed by atoms with Gasteiger partial charge in [-0.2, -0.15) is 17.4 Å². The number of piperidine rings is 1. The van der Waals surface area contributed by atoms with Crippen molar-refractivity contribution in [3.63, 3.8) is 0 Å². The molecule has 6 nitrogen and oxygen atoms in total. The van der Waals surface area contributed by atoms with Crippen LogP contribution in [0.2, 0.25) is 0 Å². The highest BCUT2D eigenvalue weighted by Crippen LogP contribution is 2.20. The molecule has 1 unspecified atom stereocenters. The number of benzene rings is 1. The molecule has 1 heterocycles. The molecular formula is C14H23N3O3S. The molecule has 0 amide bonds. The van der Waals surface area contributed by atoms with E-state index in [9.17, 15) is 8.42 Å². The van der Waals surface area contributed by atoms with Gasteiger partial charge in [-0.1, -0.05) is 18.6 Å². The fourth-order valence-electron chi connectivity index (χ4n) is 2.46. The van der Waals surface area contributed by atoms with Gasteiger partial charge in [-0.15, -0.1) is 0 Å². The second-order valence-corrected chi connectivity index (χ2v) is 6.95. The fraction of sp³-hybridized carbons (Fsp3) is 0.571. The maximum Gasteiger partial charge on any atom is 0.279 e. The smallest absolute Gasteiger partial charge is 0.279 e. The lowest BCUT2D eigenvalue weighted by Crippen LogP contribution is -2.48. The number of nitrogens with two attached hydrogens (primary N) is 1. The predicted molar refractivity (Wildman–Crippen MR) is 83.3 cm³/mol. The van der Waals surface area contributed by atoms with Crippen LogP contribution in [0.3, 0.4) is 0 Å². The Morgan fingerprint density at radius 3 is 2.86 bits per heavy atom. The molecule has 0 saturated carbocycles. The Hall–Kier alpha value is -1.31. The summed E-state index contributed by atoms with van der Waals surface area (Å²) in [4.78, 5) is 0. The van der Waals surface area contributed by atoms with Crippen LogP contribution in [0.25, 0.3) is 0 Å². The maximum absolute atomic E-state index is 12.2. The predicted octanol–water partition coefficient (Wildman–Crippen LogP) is 1.36. The van der Waals surface area contributed by atoms with E-state index in [-0.39, 0.29) is 19.2 Å². The number of anilines is 1. The van der Waals surface area contributed by atoms with Crippen LogP contribution in [0.5, 0.6) is 5.75 Å². The number of nitrogen functional groups attached to an aromatic ring is 1. The summed E-state index contributed by atoms with van der Waals surface area (Å²) >= 11 is 0. The van der Waals surface area contributed by atoms with Crippen molar-refractivity contribution in [1.82, 2.24) is 9.03 Å². The summed E-state index contributed by atoms with van der Waals surface area (Å²) in [5, 5.41) is 0. The highest BCUT2D eigenvalue weighted by molar-refractivity contribution is 7.87. The van der Waals surface area contributed by atoms with Gasteiger partial charge in [-0.3, -0.25) is 0 Å². The van der Waals surface area contributed by atoms with Gasteiger partial charge >= 0.3 is 0 Å². The van der Waals surface area contributed by atoms with Crippen LogP contribution in [-0.4, -0.2) is 38.5 Å². The van der Waals surface area contributed by atoms with Crippen molar-refractivity contribution >= 4 is 15.9 Å². The molecule has 2 rings (SSSR count). The molecule has 0 spiro atoms. The molecule has 21 heavy (non-hydrogen) atoms. The van der Waals surface area contributed by atoms with E-state index < -0.39 is 10.2 Å². The lowest BCUT2D eigenvalue weighted by molar-refractivity contribution is 0.262. The Kier molecular flexibility index (Phi) is 5.44. The van der Waals surface area contributed by atoms with E-state index in [1.165, 1.54) is 4.31 Å². The van der Waals surface area contributed by atoms with Crippen LogP contribution >= 0.6 is 0 Å². The summed E-state index contributed by atoms with van der Waals surface area (Å²) in [6.45, 7) is 3.00. The zero-order valence-corrected chi connectivity index (χ0v) is 13.1. The number of hydrogen-bond acceptors (Lipinski definition) is 4. The number of ether oxygens (including phenoxy) is 1. The molecule has 0 aliphatic carbocycles. The number of hydrogen-bond donors (Lipinski definition) is 2. The van der Waals surface area contributed by atoms with Crippen molar-refractivity contribution in [3.05, 3.63) is 24.3 Å². The molecular weight excluding hydrogens is 290 g/mol. The van der Waals surface area contributed by atoms with Gasteiger partial charge in [-0.25, -0.2) is 0 Å². The first-order valence-corrected chi connectivity index (χ1v) is 8.68. The minimum absolute atomic E-state index is 0.0573.